The summed E-state index contributed by atoms with van der Waals surface area (Å²) in [4.78, 5) is 16.5. The van der Waals surface area contributed by atoms with Gasteiger partial charge in [0.05, 0.1) is 25.8 Å². The van der Waals surface area contributed by atoms with Gasteiger partial charge in [-0.1, -0.05) is 23.2 Å². The van der Waals surface area contributed by atoms with Gasteiger partial charge in [-0.25, -0.2) is 0 Å². The second kappa shape index (κ2) is 10.1. The van der Waals surface area contributed by atoms with Crippen LogP contribution in [0.15, 0.2) is 47.0 Å². The number of benzene rings is 2. The van der Waals surface area contributed by atoms with Crippen molar-refractivity contribution in [2.24, 2.45) is 0 Å². The number of para-hydroxylation sites is 1. The molecule has 1 heterocycles. The number of amides is 1. The molecular weight excluding hydrogens is 410 g/mol. The fourth-order valence-electron chi connectivity index (χ4n) is 2.68. The van der Waals surface area contributed by atoms with Gasteiger partial charge in [0.15, 0.2) is 11.5 Å². The van der Waals surface area contributed by atoms with Crippen molar-refractivity contribution in [2.45, 2.75) is 13.2 Å². The second-order valence-corrected chi connectivity index (χ2v) is 6.04. The van der Waals surface area contributed by atoms with Crippen LogP contribution >= 0.6 is 0 Å². The summed E-state index contributed by atoms with van der Waals surface area (Å²) in [7, 11) is 1.33. The average Bonchev–Trinajstić information content (AvgIpc) is 3.25. The fourth-order valence-corrected chi connectivity index (χ4v) is 2.68. The van der Waals surface area contributed by atoms with E-state index >= 15 is 0 Å². The summed E-state index contributed by atoms with van der Waals surface area (Å²) in [6, 6.07) is 11.2. The van der Waals surface area contributed by atoms with Crippen molar-refractivity contribution in [3.8, 4) is 35.2 Å². The molecule has 1 amide bonds. The van der Waals surface area contributed by atoms with E-state index in [0.717, 1.165) is 0 Å². The lowest BCUT2D eigenvalue weighted by atomic mass is 10.1. The molecule has 0 saturated heterocycles. The Labute approximate surface area is 176 Å². The van der Waals surface area contributed by atoms with Crippen molar-refractivity contribution >= 4 is 11.6 Å². The summed E-state index contributed by atoms with van der Waals surface area (Å²) in [5, 5.41) is 9.56. The molecule has 2 aromatic carbocycles. The normalized spacial score (nSPS) is 10.4. The van der Waals surface area contributed by atoms with Crippen LogP contribution in [0.1, 0.15) is 16.2 Å². The van der Waals surface area contributed by atoms with Crippen molar-refractivity contribution < 1.29 is 27.6 Å². The summed E-state index contributed by atoms with van der Waals surface area (Å²) in [5.74, 6) is 2.52. The van der Waals surface area contributed by atoms with Gasteiger partial charge < -0.3 is 24.6 Å². The molecule has 8 nitrogen and oxygen atoms in total. The van der Waals surface area contributed by atoms with Gasteiger partial charge in [0.2, 0.25) is 11.7 Å². The predicted molar refractivity (Wildman–Crippen MR) is 108 cm³/mol. The van der Waals surface area contributed by atoms with Crippen LogP contribution < -0.4 is 20.1 Å². The maximum absolute atomic E-state index is 12.5. The molecule has 0 fully saturated rings. The van der Waals surface area contributed by atoms with Crippen LogP contribution in [0.3, 0.4) is 0 Å². The number of halogens is 2. The monoisotopic (exact) mass is 428 g/mol. The minimum atomic E-state index is -2.97. The van der Waals surface area contributed by atoms with Crippen molar-refractivity contribution in [3.05, 3.63) is 53.9 Å². The highest BCUT2D eigenvalue weighted by molar-refractivity contribution is 5.99. The lowest BCUT2D eigenvalue weighted by molar-refractivity contribution is -0.0512. The van der Waals surface area contributed by atoms with Crippen molar-refractivity contribution in [1.82, 2.24) is 15.5 Å². The quantitative estimate of drug-likeness (QED) is 0.505. The van der Waals surface area contributed by atoms with Crippen LogP contribution in [-0.4, -0.2) is 36.3 Å². The summed E-state index contributed by atoms with van der Waals surface area (Å²) in [5.41, 5.74) is 1.46. The topological polar surface area (TPSA) is 98.5 Å². The Morgan fingerprint density at radius 2 is 2.06 bits per heavy atom. The third-order valence-corrected chi connectivity index (χ3v) is 4.06. The molecule has 160 valence electrons. The van der Waals surface area contributed by atoms with Crippen LogP contribution in [0.2, 0.25) is 0 Å². The highest BCUT2D eigenvalue weighted by Gasteiger charge is 2.16. The first-order valence-electron chi connectivity index (χ1n) is 9.02. The van der Waals surface area contributed by atoms with E-state index in [1.807, 2.05) is 0 Å². The summed E-state index contributed by atoms with van der Waals surface area (Å²) >= 11 is 0. The number of terminal acetylenes is 1. The fraction of sp³-hybridized carbons (Fsp3) is 0.190. The number of methoxy groups -OCH3 is 1. The van der Waals surface area contributed by atoms with Crippen LogP contribution in [0.4, 0.5) is 14.5 Å². The first-order valence-corrected chi connectivity index (χ1v) is 9.02. The Balaban J connectivity index is 1.72. The molecule has 0 aliphatic rings. The number of alkyl halides is 2. The highest BCUT2D eigenvalue weighted by atomic mass is 19.3. The van der Waals surface area contributed by atoms with Crippen LogP contribution in [-0.2, 0) is 6.54 Å². The van der Waals surface area contributed by atoms with Crippen molar-refractivity contribution in [2.75, 3.05) is 19.0 Å². The van der Waals surface area contributed by atoms with Gasteiger partial charge in [-0.2, -0.15) is 13.8 Å². The Morgan fingerprint density at radius 3 is 2.81 bits per heavy atom. The zero-order chi connectivity index (χ0) is 22.2. The van der Waals surface area contributed by atoms with Crippen molar-refractivity contribution in [3.63, 3.8) is 0 Å². The zero-order valence-electron chi connectivity index (χ0n) is 16.4. The van der Waals surface area contributed by atoms with E-state index in [-0.39, 0.29) is 42.2 Å². The smallest absolute Gasteiger partial charge is 0.387 e. The van der Waals surface area contributed by atoms with Crippen LogP contribution in [0.5, 0.6) is 11.5 Å². The van der Waals surface area contributed by atoms with E-state index in [0.29, 0.717) is 16.8 Å². The molecule has 1 aromatic heterocycles. The van der Waals surface area contributed by atoms with E-state index < -0.39 is 6.61 Å². The Bertz CT molecular complexity index is 1090. The molecule has 0 unspecified atom stereocenters. The maximum Gasteiger partial charge on any atom is 0.387 e. The Kier molecular flexibility index (Phi) is 7.01. The van der Waals surface area contributed by atoms with E-state index in [1.165, 1.54) is 25.3 Å². The average molecular weight is 428 g/mol. The number of hydrogen-bond donors (Lipinski definition) is 2. The molecular formula is C21H18F2N4O4. The number of rotatable bonds is 9. The van der Waals surface area contributed by atoms with Gasteiger partial charge in [0.1, 0.15) is 0 Å². The summed E-state index contributed by atoms with van der Waals surface area (Å²) < 4.78 is 39.6. The third kappa shape index (κ3) is 5.48. The van der Waals surface area contributed by atoms with Crippen LogP contribution in [0.25, 0.3) is 11.4 Å². The van der Waals surface area contributed by atoms with Crippen molar-refractivity contribution in [1.29, 1.82) is 0 Å². The minimum absolute atomic E-state index is 0.105. The largest absolute Gasteiger partial charge is 0.493 e. The first kappa shape index (κ1) is 21.6. The third-order valence-electron chi connectivity index (χ3n) is 4.06. The number of carbonyl (C=O) groups is 1. The Morgan fingerprint density at radius 1 is 1.26 bits per heavy atom. The van der Waals surface area contributed by atoms with Gasteiger partial charge in [0.25, 0.3) is 5.91 Å². The molecule has 0 bridgehead atoms. The number of ether oxygens (including phenoxy) is 2. The maximum atomic E-state index is 12.5. The van der Waals surface area contributed by atoms with Gasteiger partial charge >= 0.3 is 6.61 Å². The number of aromatic nitrogens is 2. The van der Waals surface area contributed by atoms with Gasteiger partial charge in [0, 0.05) is 11.3 Å². The predicted octanol–water partition coefficient (Wildman–Crippen LogP) is 3.32. The van der Waals surface area contributed by atoms with E-state index in [1.54, 1.807) is 24.3 Å². The zero-order valence-corrected chi connectivity index (χ0v) is 16.4. The first-order chi connectivity index (χ1) is 15.0. The van der Waals surface area contributed by atoms with Gasteiger partial charge in [-0.3, -0.25) is 4.79 Å². The highest BCUT2D eigenvalue weighted by Crippen LogP contribution is 2.32. The number of nitrogens with one attached hydrogen (secondary N) is 2. The molecule has 3 aromatic rings. The lowest BCUT2D eigenvalue weighted by Crippen LogP contribution is -2.24. The molecule has 31 heavy (non-hydrogen) atoms. The SMILES string of the molecule is C#CCNC(=O)c1ccccc1NCc1nc(-c2ccc(OC(F)F)c(OC)c2)no1. The standard InChI is InChI=1S/C21H18F2N4O4/c1-3-10-24-20(28)14-6-4-5-7-15(14)25-12-18-26-19(27-31-18)13-8-9-16(30-21(22)23)17(11-13)29-2/h1,4-9,11,21,25H,10,12H2,2H3,(H,24,28). The second-order valence-electron chi connectivity index (χ2n) is 6.04. The Hall–Kier alpha value is -4.13. The summed E-state index contributed by atoms with van der Waals surface area (Å²) in [6.45, 7) is -2.71. The lowest BCUT2D eigenvalue weighted by Gasteiger charge is -2.10. The number of nitrogens with zero attached hydrogens (tertiary/aromatic N) is 2. The molecule has 2 N–H and O–H groups in total. The van der Waals surface area contributed by atoms with E-state index in [9.17, 15) is 13.6 Å². The molecule has 0 radical (unpaired) electrons. The molecule has 10 heteroatoms. The van der Waals surface area contributed by atoms with Gasteiger partial charge in [-0.05, 0) is 30.3 Å². The molecule has 3 rings (SSSR count). The number of hydrogen-bond acceptors (Lipinski definition) is 7. The molecule has 0 atom stereocenters. The molecule has 0 saturated carbocycles. The minimum Gasteiger partial charge on any atom is -0.493 e. The molecule has 0 aliphatic heterocycles. The summed E-state index contributed by atoms with van der Waals surface area (Å²) in [6.07, 6.45) is 5.17. The van der Waals surface area contributed by atoms with E-state index in [4.69, 9.17) is 15.7 Å². The van der Waals surface area contributed by atoms with E-state index in [2.05, 4.69) is 31.4 Å². The number of anilines is 1. The van der Waals surface area contributed by atoms with Crippen LogP contribution in [0, 0.1) is 12.3 Å². The van der Waals surface area contributed by atoms with Gasteiger partial charge in [-0.15, -0.1) is 6.42 Å². The number of carbonyl (C=O) groups excluding carboxylic acids is 1. The molecule has 0 spiro atoms. The molecule has 0 aliphatic carbocycles.